The largest absolute Gasteiger partial charge is 0.494 e. The summed E-state index contributed by atoms with van der Waals surface area (Å²) < 4.78 is 18.2. The first-order valence-electron chi connectivity index (χ1n) is 5.50. The second-order valence-electron chi connectivity index (χ2n) is 4.17. The minimum Gasteiger partial charge on any atom is -0.494 e. The SMILES string of the molecule is COc1cc(NC(C)C(C)CO)c(N)cc1F. The maximum Gasteiger partial charge on any atom is 0.167 e. The molecule has 1 aromatic rings. The number of nitrogen functional groups attached to an aromatic ring is 1. The zero-order valence-corrected chi connectivity index (χ0v) is 10.3. The van der Waals surface area contributed by atoms with Gasteiger partial charge in [-0.1, -0.05) is 6.92 Å². The Balaban J connectivity index is 2.91. The van der Waals surface area contributed by atoms with Crippen LogP contribution in [0.15, 0.2) is 12.1 Å². The number of rotatable bonds is 5. The number of hydrogen-bond acceptors (Lipinski definition) is 4. The van der Waals surface area contributed by atoms with E-state index in [1.54, 1.807) is 0 Å². The van der Waals surface area contributed by atoms with Crippen molar-refractivity contribution in [2.45, 2.75) is 19.9 Å². The molecule has 0 fully saturated rings. The molecule has 96 valence electrons. The lowest BCUT2D eigenvalue weighted by Crippen LogP contribution is -2.26. The second kappa shape index (κ2) is 5.72. The molecule has 0 bridgehead atoms. The van der Waals surface area contributed by atoms with Crippen molar-refractivity contribution < 1.29 is 14.2 Å². The Morgan fingerprint density at radius 3 is 2.65 bits per heavy atom. The first-order chi connectivity index (χ1) is 7.99. The summed E-state index contributed by atoms with van der Waals surface area (Å²) >= 11 is 0. The molecule has 0 saturated heterocycles. The lowest BCUT2D eigenvalue weighted by Gasteiger charge is -2.22. The Bertz CT molecular complexity index is 385. The van der Waals surface area contributed by atoms with Crippen LogP contribution in [-0.4, -0.2) is 24.9 Å². The van der Waals surface area contributed by atoms with Crippen molar-refractivity contribution in [2.24, 2.45) is 5.92 Å². The lowest BCUT2D eigenvalue weighted by molar-refractivity contribution is 0.226. The van der Waals surface area contributed by atoms with E-state index in [1.165, 1.54) is 19.2 Å². The second-order valence-corrected chi connectivity index (χ2v) is 4.17. The highest BCUT2D eigenvalue weighted by Crippen LogP contribution is 2.29. The van der Waals surface area contributed by atoms with Gasteiger partial charge in [0.1, 0.15) is 0 Å². The molecule has 0 aromatic heterocycles. The number of halogens is 1. The third-order valence-corrected chi connectivity index (χ3v) is 2.85. The van der Waals surface area contributed by atoms with E-state index < -0.39 is 5.82 Å². The van der Waals surface area contributed by atoms with Crippen LogP contribution in [0.4, 0.5) is 15.8 Å². The predicted molar refractivity (Wildman–Crippen MR) is 66.7 cm³/mol. The standard InChI is InChI=1S/C12H19FN2O2/c1-7(6-16)8(2)15-11-5-12(17-3)9(13)4-10(11)14/h4-5,7-8,15-16H,6,14H2,1-3H3. The zero-order chi connectivity index (χ0) is 13.0. The van der Waals surface area contributed by atoms with E-state index in [1.807, 2.05) is 13.8 Å². The number of anilines is 2. The van der Waals surface area contributed by atoms with Gasteiger partial charge in [0.05, 0.1) is 18.5 Å². The number of aliphatic hydroxyl groups is 1. The summed E-state index contributed by atoms with van der Waals surface area (Å²) in [7, 11) is 1.40. The fourth-order valence-corrected chi connectivity index (χ4v) is 1.40. The van der Waals surface area contributed by atoms with Crippen molar-refractivity contribution in [3.8, 4) is 5.75 Å². The van der Waals surface area contributed by atoms with Gasteiger partial charge in [-0.2, -0.15) is 0 Å². The molecule has 2 atom stereocenters. The molecule has 4 N–H and O–H groups in total. The van der Waals surface area contributed by atoms with Crippen LogP contribution in [0.1, 0.15) is 13.8 Å². The van der Waals surface area contributed by atoms with Crippen molar-refractivity contribution in [3.05, 3.63) is 17.9 Å². The van der Waals surface area contributed by atoms with Gasteiger partial charge in [-0.05, 0) is 12.8 Å². The van der Waals surface area contributed by atoms with Gasteiger partial charge in [0.25, 0.3) is 0 Å². The van der Waals surface area contributed by atoms with Crippen molar-refractivity contribution >= 4 is 11.4 Å². The molecule has 1 aromatic carbocycles. The quantitative estimate of drug-likeness (QED) is 0.689. The molecular formula is C12H19FN2O2. The van der Waals surface area contributed by atoms with Crippen LogP contribution < -0.4 is 15.8 Å². The van der Waals surface area contributed by atoms with Crippen LogP contribution in [0, 0.1) is 11.7 Å². The number of nitrogens with one attached hydrogen (secondary N) is 1. The van der Waals surface area contributed by atoms with Crippen molar-refractivity contribution in [2.75, 3.05) is 24.8 Å². The normalized spacial score (nSPS) is 14.2. The van der Waals surface area contributed by atoms with Crippen molar-refractivity contribution in [3.63, 3.8) is 0 Å². The van der Waals surface area contributed by atoms with Gasteiger partial charge in [0, 0.05) is 24.8 Å². The maximum absolute atomic E-state index is 13.3. The number of nitrogens with two attached hydrogens (primary N) is 1. The number of aliphatic hydroxyl groups excluding tert-OH is 1. The third kappa shape index (κ3) is 3.23. The minimum absolute atomic E-state index is 0.0254. The fraction of sp³-hybridized carbons (Fsp3) is 0.500. The molecule has 0 heterocycles. The molecular weight excluding hydrogens is 223 g/mol. The fourth-order valence-electron chi connectivity index (χ4n) is 1.40. The number of benzene rings is 1. The molecule has 5 heteroatoms. The highest BCUT2D eigenvalue weighted by atomic mass is 19.1. The molecule has 0 aliphatic heterocycles. The monoisotopic (exact) mass is 242 g/mol. The van der Waals surface area contributed by atoms with E-state index in [0.717, 1.165) is 0 Å². The van der Waals surface area contributed by atoms with Crippen LogP contribution in [0.5, 0.6) is 5.75 Å². The average Bonchev–Trinajstić information content (AvgIpc) is 2.31. The highest BCUT2D eigenvalue weighted by molar-refractivity contribution is 5.68. The molecule has 0 spiro atoms. The Kier molecular flexibility index (Phi) is 4.57. The van der Waals surface area contributed by atoms with Gasteiger partial charge >= 0.3 is 0 Å². The molecule has 17 heavy (non-hydrogen) atoms. The Morgan fingerprint density at radius 1 is 1.47 bits per heavy atom. The third-order valence-electron chi connectivity index (χ3n) is 2.85. The topological polar surface area (TPSA) is 67.5 Å². The van der Waals surface area contributed by atoms with Gasteiger partial charge in [-0.3, -0.25) is 0 Å². The van der Waals surface area contributed by atoms with E-state index in [9.17, 15) is 4.39 Å². The highest BCUT2D eigenvalue weighted by Gasteiger charge is 2.14. The molecule has 0 aliphatic carbocycles. The lowest BCUT2D eigenvalue weighted by atomic mass is 10.0. The predicted octanol–water partition coefficient (Wildman–Crippen LogP) is 1.85. The van der Waals surface area contributed by atoms with E-state index in [0.29, 0.717) is 11.4 Å². The molecule has 2 unspecified atom stereocenters. The molecule has 0 amide bonds. The number of methoxy groups -OCH3 is 1. The summed E-state index contributed by atoms with van der Waals surface area (Å²) in [6.07, 6.45) is 0. The average molecular weight is 242 g/mol. The minimum atomic E-state index is -0.488. The van der Waals surface area contributed by atoms with E-state index in [-0.39, 0.29) is 24.3 Å². The van der Waals surface area contributed by atoms with Crippen molar-refractivity contribution in [1.82, 2.24) is 0 Å². The van der Waals surface area contributed by atoms with Gasteiger partial charge < -0.3 is 20.9 Å². The van der Waals surface area contributed by atoms with Crippen LogP contribution in [0.3, 0.4) is 0 Å². The van der Waals surface area contributed by atoms with Gasteiger partial charge in [-0.15, -0.1) is 0 Å². The Hall–Kier alpha value is -1.49. The smallest absolute Gasteiger partial charge is 0.167 e. The maximum atomic E-state index is 13.3. The Morgan fingerprint density at radius 2 is 2.12 bits per heavy atom. The molecule has 0 radical (unpaired) electrons. The van der Waals surface area contributed by atoms with Crippen LogP contribution in [-0.2, 0) is 0 Å². The van der Waals surface area contributed by atoms with Gasteiger partial charge in [0.2, 0.25) is 0 Å². The van der Waals surface area contributed by atoms with Crippen LogP contribution in [0.25, 0.3) is 0 Å². The van der Waals surface area contributed by atoms with Crippen LogP contribution in [0.2, 0.25) is 0 Å². The van der Waals surface area contributed by atoms with E-state index in [4.69, 9.17) is 15.6 Å². The summed E-state index contributed by atoms with van der Waals surface area (Å²) in [5.74, 6) is -0.269. The van der Waals surface area contributed by atoms with Crippen molar-refractivity contribution in [1.29, 1.82) is 0 Å². The molecule has 0 aliphatic rings. The molecule has 4 nitrogen and oxygen atoms in total. The first kappa shape index (κ1) is 13.6. The summed E-state index contributed by atoms with van der Waals surface area (Å²) in [6.45, 7) is 3.91. The molecule has 0 saturated carbocycles. The first-order valence-corrected chi connectivity index (χ1v) is 5.50. The summed E-state index contributed by atoms with van der Waals surface area (Å²) in [4.78, 5) is 0. The van der Waals surface area contributed by atoms with Gasteiger partial charge in [-0.25, -0.2) is 4.39 Å². The van der Waals surface area contributed by atoms with E-state index in [2.05, 4.69) is 5.32 Å². The summed E-state index contributed by atoms with van der Waals surface area (Å²) in [5, 5.41) is 12.2. The number of ether oxygens (including phenoxy) is 1. The van der Waals surface area contributed by atoms with E-state index >= 15 is 0 Å². The molecule has 1 rings (SSSR count). The summed E-state index contributed by atoms with van der Waals surface area (Å²) in [6, 6.07) is 2.76. The summed E-state index contributed by atoms with van der Waals surface area (Å²) in [5.41, 5.74) is 6.64. The zero-order valence-electron chi connectivity index (χ0n) is 10.3. The van der Waals surface area contributed by atoms with Crippen LogP contribution >= 0.6 is 0 Å². The van der Waals surface area contributed by atoms with Gasteiger partial charge in [0.15, 0.2) is 11.6 Å². The number of hydrogen-bond donors (Lipinski definition) is 3. The Labute approximate surface area is 101 Å².